The minimum absolute atomic E-state index is 0.0818. The summed E-state index contributed by atoms with van der Waals surface area (Å²) in [6.07, 6.45) is 0. The minimum Gasteiger partial charge on any atom is -0.264 e. The molecule has 0 atom stereocenters. The van der Waals surface area contributed by atoms with Crippen LogP contribution < -0.4 is 0 Å². The fourth-order valence-electron chi connectivity index (χ4n) is 5.71. The van der Waals surface area contributed by atoms with Gasteiger partial charge in [-0.1, -0.05) is 212 Å². The van der Waals surface area contributed by atoms with Crippen molar-refractivity contribution in [3.8, 4) is 0 Å². The Morgan fingerprint density at radius 2 is 0.696 bits per heavy atom. The van der Waals surface area contributed by atoms with Crippen LogP contribution in [0.3, 0.4) is 0 Å². The van der Waals surface area contributed by atoms with Crippen LogP contribution in [0.1, 0.15) is 70.5 Å². The molecular formula is C45H37N. The Morgan fingerprint density at radius 1 is 0.370 bits per heavy atom. The van der Waals surface area contributed by atoms with Gasteiger partial charge in [-0.2, -0.15) is 0 Å². The first-order valence-corrected chi connectivity index (χ1v) is 14.1. The first kappa shape index (κ1) is 13.1. The summed E-state index contributed by atoms with van der Waals surface area (Å²) in [6.45, 7) is -3.96. The Kier molecular flexibility index (Phi) is 3.77. The highest BCUT2D eigenvalue weighted by Crippen LogP contribution is 2.54. The van der Waals surface area contributed by atoms with E-state index in [0.29, 0.717) is 4.90 Å². The van der Waals surface area contributed by atoms with Crippen LogP contribution >= 0.6 is 0 Å². The number of rotatable bonds is 10. The predicted octanol–water partition coefficient (Wildman–Crippen LogP) is 10.5. The van der Waals surface area contributed by atoms with Gasteiger partial charge < -0.3 is 0 Å². The molecule has 0 aliphatic rings. The van der Waals surface area contributed by atoms with Gasteiger partial charge in [0.05, 0.1) is 39.9 Å². The van der Waals surface area contributed by atoms with Crippen LogP contribution in [-0.2, 0) is 17.6 Å². The van der Waals surface area contributed by atoms with Crippen molar-refractivity contribution in [1.82, 2.24) is 4.90 Å². The second-order valence-corrected chi connectivity index (χ2v) is 9.89. The monoisotopic (exact) mass is 637 g/mol. The smallest absolute Gasteiger partial charge is 0.0988 e. The zero-order valence-corrected chi connectivity index (χ0v) is 24.0. The molecule has 1 heteroatoms. The molecule has 0 fully saturated rings. The molecule has 0 bridgehead atoms. The largest absolute Gasteiger partial charge is 0.264 e. The average Bonchev–Trinajstić information content (AvgIpc) is 3.33. The third-order valence-corrected chi connectivity index (χ3v) is 7.50. The van der Waals surface area contributed by atoms with E-state index in [1.54, 1.807) is 12.1 Å². The summed E-state index contributed by atoms with van der Waals surface area (Å²) in [7, 11) is 0. The van der Waals surface area contributed by atoms with Gasteiger partial charge in [0.25, 0.3) is 0 Å². The van der Waals surface area contributed by atoms with E-state index >= 15 is 0 Å². The highest BCUT2D eigenvalue weighted by molar-refractivity contribution is 5.57. The van der Waals surface area contributed by atoms with Gasteiger partial charge in [-0.15, -0.1) is 0 Å². The zero-order valence-electron chi connectivity index (χ0n) is 47.0. The van der Waals surface area contributed by atoms with Crippen LogP contribution in [0.2, 0.25) is 0 Å². The van der Waals surface area contributed by atoms with Crippen molar-refractivity contribution in [1.29, 1.82) is 0 Å². The molecule has 46 heavy (non-hydrogen) atoms. The Balaban J connectivity index is 2.09. The molecule has 0 aliphatic heterocycles. The summed E-state index contributed by atoms with van der Waals surface area (Å²) < 4.78 is 215. The second-order valence-electron chi connectivity index (χ2n) is 9.89. The fourth-order valence-corrected chi connectivity index (χ4v) is 5.71. The molecule has 0 radical (unpaired) electrons. The first-order valence-electron chi connectivity index (χ1n) is 25.6. The number of hydrogen-bond donors (Lipinski definition) is 0. The van der Waals surface area contributed by atoms with Gasteiger partial charge in [0.1, 0.15) is 0 Å². The van der Waals surface area contributed by atoms with E-state index in [1.807, 2.05) is 0 Å². The van der Waals surface area contributed by atoms with Gasteiger partial charge in [0, 0.05) is 9.24 Å². The normalized spacial score (nSPS) is 19.1. The predicted molar refractivity (Wildman–Crippen MR) is 190 cm³/mol. The molecule has 0 N–H and O–H groups in total. The molecule has 1 nitrogen and oxygen atoms in total. The van der Waals surface area contributed by atoms with Crippen LogP contribution in [0.15, 0.2) is 212 Å². The molecule has 7 rings (SSSR count). The van der Waals surface area contributed by atoms with Gasteiger partial charge in [0.15, 0.2) is 0 Å². The maximum Gasteiger partial charge on any atom is 0.0988 e. The van der Waals surface area contributed by atoms with Crippen LogP contribution in [0, 0.1) is 0 Å². The van der Waals surface area contributed by atoms with E-state index in [4.69, 9.17) is 17.8 Å². The lowest BCUT2D eigenvalue weighted by atomic mass is 9.67. The lowest BCUT2D eigenvalue weighted by molar-refractivity contribution is 0.0558. The second kappa shape index (κ2) is 13.2. The van der Waals surface area contributed by atoms with Crippen LogP contribution in [0.4, 0.5) is 0 Å². The maximum atomic E-state index is 10.8. The first-order chi connectivity index (χ1) is 32.3. The molecule has 0 unspecified atom stereocenters. The highest BCUT2D eigenvalue weighted by atomic mass is 15.3. The van der Waals surface area contributed by atoms with Crippen molar-refractivity contribution in [2.75, 3.05) is 0 Å². The lowest BCUT2D eigenvalue weighted by Gasteiger charge is -2.56. The third kappa shape index (κ3) is 5.15. The lowest BCUT2D eigenvalue weighted by Crippen LogP contribution is -2.59. The van der Waals surface area contributed by atoms with E-state index in [-0.39, 0.29) is 22.7 Å². The summed E-state index contributed by atoms with van der Waals surface area (Å²) in [6, 6.07) is -3.94. The summed E-state index contributed by atoms with van der Waals surface area (Å²) in [4.78, 5) is 0.542. The van der Waals surface area contributed by atoms with Crippen molar-refractivity contribution in [3.05, 3.63) is 251 Å². The van der Waals surface area contributed by atoms with Gasteiger partial charge in [-0.3, -0.25) is 4.90 Å². The molecule has 0 aliphatic carbocycles. The van der Waals surface area contributed by atoms with E-state index in [9.17, 15) is 13.7 Å². The molecule has 7 aromatic carbocycles. The maximum absolute atomic E-state index is 10.8. The molecule has 0 amide bonds. The van der Waals surface area contributed by atoms with Gasteiger partial charge in [-0.25, -0.2) is 0 Å². The summed E-state index contributed by atoms with van der Waals surface area (Å²) in [5.74, 6) is 0. The van der Waals surface area contributed by atoms with Gasteiger partial charge in [0.2, 0.25) is 0 Å². The molecule has 0 saturated carbocycles. The van der Waals surface area contributed by atoms with Crippen LogP contribution in [-0.4, -0.2) is 4.90 Å². The number of benzene rings is 7. The SMILES string of the molecule is [3H]c1ccc(C(c2ccccc2)(c2ccccc2)N(C([3H])([3H])c2c([3H])c([3H])c([3H])c([3H])c2[3H])C(c2c([3H])c([3H])c([3H])c([3H])c2[3H])(c2c([3H])c([3H])c([3H])c([3H])c2[3H])c2c([3H])c([3H])c([3H])c([3H])c2[3H])cc1. The van der Waals surface area contributed by atoms with Gasteiger partial charge in [-0.05, 0) is 38.9 Å². The molecule has 222 valence electrons. The van der Waals surface area contributed by atoms with E-state index in [2.05, 4.69) is 0 Å². The fraction of sp³-hybridized carbons (Fsp3) is 0.0667. The zero-order chi connectivity index (χ0) is 51.1. The Hall–Kier alpha value is -5.50. The summed E-state index contributed by atoms with van der Waals surface area (Å²) in [5.41, 5.74) is -11.8. The third-order valence-electron chi connectivity index (χ3n) is 7.50. The van der Waals surface area contributed by atoms with E-state index in [1.165, 1.54) is 72.8 Å². The molecule has 0 aromatic heterocycles. The number of nitrogens with zero attached hydrogens (tertiary/aromatic N) is 1. The van der Waals surface area contributed by atoms with Crippen molar-refractivity contribution in [3.63, 3.8) is 0 Å². The highest BCUT2D eigenvalue weighted by Gasteiger charge is 2.54. The van der Waals surface area contributed by atoms with E-state index in [0.717, 1.165) is 0 Å². The molecule has 7 aromatic rings. The topological polar surface area (TPSA) is 3.24 Å². The standard InChI is InChI=1S/C45H37N/c1-8-22-37(23-9-1)36-46(44(38-24-10-2-11-25-38,39-26-12-3-13-27-39)40-28-14-4-15-29-40)45(41-30-16-5-17-31-41,42-32-18-6-19-33-42)43-34-20-7-21-35-43/h1-35H,36H2/i1T,2T,3T,4T,5T,8T,9T,10T,11T,12T,13T,14T,15T,22T,23T,24T,25T,26T,27T,28T,29T,36T2. The summed E-state index contributed by atoms with van der Waals surface area (Å²) >= 11 is 0. The van der Waals surface area contributed by atoms with Crippen LogP contribution in [0.5, 0.6) is 0 Å². The van der Waals surface area contributed by atoms with Crippen molar-refractivity contribution in [2.24, 2.45) is 0 Å². The Bertz CT molecular complexity index is 2890. The van der Waals surface area contributed by atoms with Crippen LogP contribution in [0.25, 0.3) is 0 Å². The quantitative estimate of drug-likeness (QED) is 0.135. The van der Waals surface area contributed by atoms with E-state index < -0.39 is 161 Å². The number of hydrogen-bond acceptors (Lipinski definition) is 1. The van der Waals surface area contributed by atoms with Crippen molar-refractivity contribution >= 4 is 0 Å². The van der Waals surface area contributed by atoms with Crippen molar-refractivity contribution < 1.29 is 31.5 Å². The van der Waals surface area contributed by atoms with Gasteiger partial charge >= 0.3 is 0 Å². The molecule has 0 spiro atoms. The Morgan fingerprint density at radius 3 is 1.09 bits per heavy atom. The van der Waals surface area contributed by atoms with Crippen molar-refractivity contribution in [2.45, 2.75) is 17.6 Å². The molecule has 0 heterocycles. The Labute approximate surface area is 305 Å². The summed E-state index contributed by atoms with van der Waals surface area (Å²) in [5, 5.41) is 0. The molecule has 0 saturated heterocycles. The average molecular weight is 638 g/mol. The molecular weight excluding hydrogens is 555 g/mol. The minimum atomic E-state index is -3.96.